The fourth-order valence-corrected chi connectivity index (χ4v) is 2.69. The van der Waals surface area contributed by atoms with Crippen molar-refractivity contribution in [3.63, 3.8) is 0 Å². The molecule has 134 valence electrons. The van der Waals surface area contributed by atoms with Crippen molar-refractivity contribution in [3.8, 4) is 5.75 Å². The van der Waals surface area contributed by atoms with Crippen molar-refractivity contribution in [2.45, 2.75) is 0 Å². The highest BCUT2D eigenvalue weighted by Gasteiger charge is 2.12. The van der Waals surface area contributed by atoms with Gasteiger partial charge in [0.2, 0.25) is 0 Å². The highest BCUT2D eigenvalue weighted by molar-refractivity contribution is 6.33. The summed E-state index contributed by atoms with van der Waals surface area (Å²) in [5.74, 6) is -0.329. The van der Waals surface area contributed by atoms with Crippen molar-refractivity contribution >= 4 is 41.0 Å². The third-order valence-electron chi connectivity index (χ3n) is 3.72. The lowest BCUT2D eigenvalue weighted by atomic mass is 10.1. The molecule has 0 aliphatic carbocycles. The van der Waals surface area contributed by atoms with Crippen LogP contribution in [0.15, 0.2) is 78.9 Å². The maximum Gasteiger partial charge on any atom is 0.345 e. The molecule has 0 heterocycles. The molecule has 3 aromatic carbocycles. The maximum absolute atomic E-state index is 12.2. The predicted octanol–water partition coefficient (Wildman–Crippen LogP) is 6.11. The molecule has 0 atom stereocenters. The Morgan fingerprint density at radius 3 is 2.33 bits per heavy atom. The Bertz CT molecular complexity index is 1010. The number of hydrogen-bond donors (Lipinski definition) is 0. The number of allylic oxidation sites excluding steroid dienone is 1. The van der Waals surface area contributed by atoms with Gasteiger partial charge in [0.05, 0.1) is 10.6 Å². The van der Waals surface area contributed by atoms with Crippen LogP contribution >= 0.6 is 23.2 Å². The van der Waals surface area contributed by atoms with Crippen LogP contribution in [0.5, 0.6) is 5.75 Å². The van der Waals surface area contributed by atoms with Gasteiger partial charge in [0, 0.05) is 10.6 Å². The Hall–Kier alpha value is -2.88. The van der Waals surface area contributed by atoms with Crippen LogP contribution in [0, 0.1) is 0 Å². The number of halogens is 2. The Morgan fingerprint density at radius 2 is 1.59 bits per heavy atom. The van der Waals surface area contributed by atoms with Gasteiger partial charge < -0.3 is 4.74 Å². The van der Waals surface area contributed by atoms with E-state index in [0.29, 0.717) is 21.4 Å². The minimum Gasteiger partial charge on any atom is -0.423 e. The summed E-state index contributed by atoms with van der Waals surface area (Å²) in [6.07, 6.45) is 3.11. The average Bonchev–Trinajstić information content (AvgIpc) is 2.67. The molecule has 0 radical (unpaired) electrons. The fraction of sp³-hybridized carbons (Fsp3) is 0. The van der Waals surface area contributed by atoms with E-state index in [1.807, 2.05) is 0 Å². The van der Waals surface area contributed by atoms with Gasteiger partial charge in [-0.15, -0.1) is 0 Å². The van der Waals surface area contributed by atoms with E-state index in [-0.39, 0.29) is 11.3 Å². The molecule has 27 heavy (non-hydrogen) atoms. The Kier molecular flexibility index (Phi) is 6.07. The summed E-state index contributed by atoms with van der Waals surface area (Å²) in [6.45, 7) is 0. The number of rotatable bonds is 5. The highest BCUT2D eigenvalue weighted by atomic mass is 35.5. The second-order valence-corrected chi connectivity index (χ2v) is 6.49. The van der Waals surface area contributed by atoms with E-state index >= 15 is 0 Å². The SMILES string of the molecule is O=C(C=Cc1cccc(OC(=O)c2ccccc2Cl)c1)c1ccc(Cl)cc1. The largest absolute Gasteiger partial charge is 0.423 e. The van der Waals surface area contributed by atoms with Gasteiger partial charge in [-0.05, 0) is 60.2 Å². The molecule has 0 fully saturated rings. The van der Waals surface area contributed by atoms with Gasteiger partial charge in [-0.3, -0.25) is 4.79 Å². The second-order valence-electron chi connectivity index (χ2n) is 5.65. The monoisotopic (exact) mass is 396 g/mol. The number of carbonyl (C=O) groups is 2. The summed E-state index contributed by atoms with van der Waals surface area (Å²) in [7, 11) is 0. The molecular weight excluding hydrogens is 383 g/mol. The first-order valence-corrected chi connectivity index (χ1v) is 8.83. The van der Waals surface area contributed by atoms with Gasteiger partial charge in [-0.2, -0.15) is 0 Å². The van der Waals surface area contributed by atoms with Crippen LogP contribution in [0.1, 0.15) is 26.3 Å². The highest BCUT2D eigenvalue weighted by Crippen LogP contribution is 2.20. The van der Waals surface area contributed by atoms with Crippen LogP contribution in [0.3, 0.4) is 0 Å². The predicted molar refractivity (Wildman–Crippen MR) is 108 cm³/mol. The standard InChI is InChI=1S/C22H14Cl2O3/c23-17-11-9-16(10-12-17)21(25)13-8-15-4-3-5-18(14-15)27-22(26)19-6-1-2-7-20(19)24/h1-14H. The first-order valence-electron chi connectivity index (χ1n) is 8.08. The zero-order chi connectivity index (χ0) is 19.2. The van der Waals surface area contributed by atoms with E-state index in [1.165, 1.54) is 6.08 Å². The van der Waals surface area contributed by atoms with Gasteiger partial charge >= 0.3 is 5.97 Å². The number of ketones is 1. The van der Waals surface area contributed by atoms with E-state index in [4.69, 9.17) is 27.9 Å². The molecular formula is C22H14Cl2O3. The van der Waals surface area contributed by atoms with Crippen LogP contribution in [0.25, 0.3) is 6.08 Å². The van der Waals surface area contributed by atoms with Crippen LogP contribution in [0.2, 0.25) is 10.0 Å². The molecule has 0 saturated carbocycles. The Labute approximate surface area is 166 Å². The van der Waals surface area contributed by atoms with Gasteiger partial charge in [-0.25, -0.2) is 4.79 Å². The molecule has 0 aliphatic rings. The summed E-state index contributed by atoms with van der Waals surface area (Å²) in [5.41, 5.74) is 1.55. The quantitative estimate of drug-likeness (QED) is 0.226. The zero-order valence-corrected chi connectivity index (χ0v) is 15.6. The topological polar surface area (TPSA) is 43.4 Å². The van der Waals surface area contributed by atoms with Crippen LogP contribution < -0.4 is 4.74 Å². The van der Waals surface area contributed by atoms with Gasteiger partial charge in [0.1, 0.15) is 5.75 Å². The molecule has 0 aliphatic heterocycles. The lowest BCUT2D eigenvalue weighted by Crippen LogP contribution is -2.09. The molecule has 3 aromatic rings. The smallest absolute Gasteiger partial charge is 0.345 e. The zero-order valence-electron chi connectivity index (χ0n) is 14.1. The van der Waals surface area contributed by atoms with Crippen molar-refractivity contribution in [3.05, 3.63) is 106 Å². The molecule has 0 spiro atoms. The molecule has 0 N–H and O–H groups in total. The Balaban J connectivity index is 1.72. The second kappa shape index (κ2) is 8.67. The molecule has 0 bridgehead atoms. The minimum atomic E-state index is -0.543. The fourth-order valence-electron chi connectivity index (χ4n) is 2.35. The van der Waals surface area contributed by atoms with Crippen LogP contribution in [-0.4, -0.2) is 11.8 Å². The van der Waals surface area contributed by atoms with Crippen molar-refractivity contribution in [2.75, 3.05) is 0 Å². The van der Waals surface area contributed by atoms with Crippen molar-refractivity contribution in [1.82, 2.24) is 0 Å². The van der Waals surface area contributed by atoms with E-state index < -0.39 is 5.97 Å². The summed E-state index contributed by atoms with van der Waals surface area (Å²) in [6, 6.07) is 20.2. The average molecular weight is 397 g/mol. The number of carbonyl (C=O) groups excluding carboxylic acids is 2. The third kappa shape index (κ3) is 5.07. The maximum atomic E-state index is 12.2. The van der Waals surface area contributed by atoms with Crippen molar-refractivity contribution in [1.29, 1.82) is 0 Å². The molecule has 0 aromatic heterocycles. The summed E-state index contributed by atoms with van der Waals surface area (Å²) >= 11 is 11.8. The Morgan fingerprint density at radius 1 is 0.852 bits per heavy atom. The molecule has 5 heteroatoms. The van der Waals surface area contributed by atoms with Gasteiger partial charge in [0.15, 0.2) is 5.78 Å². The summed E-state index contributed by atoms with van der Waals surface area (Å²) in [4.78, 5) is 24.4. The number of ether oxygens (including phenoxy) is 1. The molecule has 0 amide bonds. The van der Waals surface area contributed by atoms with Crippen molar-refractivity contribution in [2.24, 2.45) is 0 Å². The van der Waals surface area contributed by atoms with E-state index in [9.17, 15) is 9.59 Å². The van der Waals surface area contributed by atoms with E-state index in [1.54, 1.807) is 78.9 Å². The third-order valence-corrected chi connectivity index (χ3v) is 4.30. The minimum absolute atomic E-state index is 0.148. The first kappa shape index (κ1) is 18.9. The first-order chi connectivity index (χ1) is 13.0. The molecule has 3 nitrogen and oxygen atoms in total. The van der Waals surface area contributed by atoms with Gasteiger partial charge in [-0.1, -0.05) is 53.5 Å². The van der Waals surface area contributed by atoms with E-state index in [0.717, 1.165) is 5.56 Å². The van der Waals surface area contributed by atoms with Crippen LogP contribution in [-0.2, 0) is 0 Å². The van der Waals surface area contributed by atoms with E-state index in [2.05, 4.69) is 0 Å². The van der Waals surface area contributed by atoms with Crippen molar-refractivity contribution < 1.29 is 14.3 Å². The lowest BCUT2D eigenvalue weighted by Gasteiger charge is -2.06. The molecule has 0 saturated heterocycles. The molecule has 0 unspecified atom stereocenters. The van der Waals surface area contributed by atoms with Gasteiger partial charge in [0.25, 0.3) is 0 Å². The lowest BCUT2D eigenvalue weighted by molar-refractivity contribution is 0.0734. The summed E-state index contributed by atoms with van der Waals surface area (Å²) < 4.78 is 5.37. The number of esters is 1. The van der Waals surface area contributed by atoms with Crippen LogP contribution in [0.4, 0.5) is 0 Å². The number of hydrogen-bond acceptors (Lipinski definition) is 3. The normalized spacial score (nSPS) is 10.7. The number of benzene rings is 3. The summed E-state index contributed by atoms with van der Waals surface area (Å²) in [5, 5.41) is 0.899. The molecule has 3 rings (SSSR count).